The highest BCUT2D eigenvalue weighted by Gasteiger charge is 2.23. The number of hydrogen-bond donors (Lipinski definition) is 4. The molecule has 0 radical (unpaired) electrons. The Balaban J connectivity index is 0.00000675. The fourth-order valence-electron chi connectivity index (χ4n) is 5.28. The molecule has 0 saturated carbocycles. The van der Waals surface area contributed by atoms with E-state index in [1.54, 1.807) is 0 Å². The summed E-state index contributed by atoms with van der Waals surface area (Å²) in [5, 5.41) is 20.8. The van der Waals surface area contributed by atoms with E-state index >= 15 is 0 Å². The molecule has 1 amide bonds. The smallest absolute Gasteiger partial charge is 0.251 e. The molecule has 0 fully saturated rings. The highest BCUT2D eigenvalue weighted by atomic mass is 35.5. The molecule has 0 bridgehead atoms. The van der Waals surface area contributed by atoms with E-state index in [4.69, 9.17) is 0 Å². The number of nitrogens with one attached hydrogen (secondary N) is 3. The van der Waals surface area contributed by atoms with E-state index in [1.807, 2.05) is 37.3 Å². The van der Waals surface area contributed by atoms with Gasteiger partial charge >= 0.3 is 0 Å². The molecule has 0 aliphatic rings. The maximum atomic E-state index is 14.0. The Morgan fingerprint density at radius 3 is 2.13 bits per heavy atom. The minimum absolute atomic E-state index is 0. The molecule has 4 N–H and O–H groups in total. The van der Waals surface area contributed by atoms with Crippen LogP contribution < -0.4 is 16.0 Å². The van der Waals surface area contributed by atoms with Crippen molar-refractivity contribution in [2.75, 3.05) is 32.7 Å². The molecule has 0 unspecified atom stereocenters. The first-order valence-corrected chi connectivity index (χ1v) is 15.5. The van der Waals surface area contributed by atoms with E-state index in [1.165, 1.54) is 17.7 Å². The van der Waals surface area contributed by atoms with Gasteiger partial charge in [0, 0.05) is 31.3 Å². The van der Waals surface area contributed by atoms with Crippen LogP contribution in [0.3, 0.4) is 0 Å². The Bertz CT molecular complexity index is 1290. The van der Waals surface area contributed by atoms with Gasteiger partial charge in [0.25, 0.3) is 5.91 Å². The molecule has 258 valence electrons. The van der Waals surface area contributed by atoms with Crippen LogP contribution in [0.4, 0.5) is 8.78 Å². The molecule has 3 rings (SSSR count). The van der Waals surface area contributed by atoms with Crippen LogP contribution in [-0.2, 0) is 25.9 Å². The third-order valence-electron chi connectivity index (χ3n) is 7.69. The zero-order valence-corrected chi connectivity index (χ0v) is 29.7. The van der Waals surface area contributed by atoms with Crippen molar-refractivity contribution in [2.45, 2.75) is 72.2 Å². The number of rotatable bonds is 18. The van der Waals surface area contributed by atoms with E-state index < -0.39 is 23.8 Å². The maximum Gasteiger partial charge on any atom is 0.251 e. The molecule has 0 aliphatic carbocycles. The van der Waals surface area contributed by atoms with Gasteiger partial charge in [-0.25, -0.2) is 8.78 Å². The number of carbonyl (C=O) groups excluding carboxylic acids is 1. The fraction of sp³-hybridized carbons (Fsp3) is 0.457. The Morgan fingerprint density at radius 1 is 0.826 bits per heavy atom. The van der Waals surface area contributed by atoms with Gasteiger partial charge in [-0.3, -0.25) is 4.79 Å². The fourth-order valence-corrected chi connectivity index (χ4v) is 5.28. The van der Waals surface area contributed by atoms with Crippen LogP contribution in [0.15, 0.2) is 60.7 Å². The first-order chi connectivity index (χ1) is 20.7. The molecule has 3 aromatic carbocycles. The van der Waals surface area contributed by atoms with E-state index in [2.05, 4.69) is 53.8 Å². The summed E-state index contributed by atoms with van der Waals surface area (Å²) in [6.45, 7) is 13.7. The predicted molar refractivity (Wildman–Crippen MR) is 192 cm³/mol. The molecule has 0 saturated heterocycles. The van der Waals surface area contributed by atoms with Gasteiger partial charge in [0.05, 0.1) is 12.1 Å². The van der Waals surface area contributed by atoms with Gasteiger partial charge in [-0.15, -0.1) is 37.2 Å². The van der Waals surface area contributed by atoms with Crippen LogP contribution in [-0.4, -0.2) is 60.8 Å². The molecule has 0 heterocycles. The summed E-state index contributed by atoms with van der Waals surface area (Å²) in [4.78, 5) is 15.8. The van der Waals surface area contributed by atoms with Crippen molar-refractivity contribution in [1.82, 2.24) is 20.9 Å². The number of hydrogen-bond acceptors (Lipinski definition) is 5. The number of aryl methyl sites for hydroxylation is 2. The Morgan fingerprint density at radius 2 is 1.48 bits per heavy atom. The van der Waals surface area contributed by atoms with Gasteiger partial charge in [0.15, 0.2) is 0 Å². The van der Waals surface area contributed by atoms with E-state index in [-0.39, 0.29) is 56.1 Å². The molecular weight excluding hydrogens is 653 g/mol. The SMILES string of the molecule is CCc1cccc(CNC[C@@H](O)[C@H](Cc2cc(F)cc(F)c2)NC(=O)c2cc(C)cc(CNCCCN(CC)CC)c2)c1.Cl.Cl.Cl. The van der Waals surface area contributed by atoms with Crippen molar-refractivity contribution >= 4 is 43.1 Å². The zero-order valence-electron chi connectivity index (χ0n) is 27.3. The van der Waals surface area contributed by atoms with Crippen LogP contribution in [0, 0.1) is 18.6 Å². The predicted octanol–water partition coefficient (Wildman–Crippen LogP) is 6.41. The summed E-state index contributed by atoms with van der Waals surface area (Å²) >= 11 is 0. The van der Waals surface area contributed by atoms with Crippen molar-refractivity contribution in [3.63, 3.8) is 0 Å². The molecule has 0 spiro atoms. The maximum absolute atomic E-state index is 14.0. The number of aliphatic hydroxyl groups excluding tert-OH is 1. The molecule has 46 heavy (non-hydrogen) atoms. The third kappa shape index (κ3) is 15.1. The quantitative estimate of drug-likeness (QED) is 0.115. The van der Waals surface area contributed by atoms with E-state index in [0.717, 1.165) is 61.8 Å². The second kappa shape index (κ2) is 23.1. The van der Waals surface area contributed by atoms with Crippen LogP contribution in [0.2, 0.25) is 0 Å². The molecule has 11 heteroatoms. The Hall–Kier alpha value is -2.30. The van der Waals surface area contributed by atoms with Crippen molar-refractivity contribution < 1.29 is 18.7 Å². The molecule has 3 aromatic rings. The third-order valence-corrected chi connectivity index (χ3v) is 7.69. The van der Waals surface area contributed by atoms with Crippen molar-refractivity contribution in [3.05, 3.63) is 106 Å². The summed E-state index contributed by atoms with van der Waals surface area (Å²) in [5.74, 6) is -1.74. The summed E-state index contributed by atoms with van der Waals surface area (Å²) in [6, 6.07) is 16.4. The van der Waals surface area contributed by atoms with Crippen molar-refractivity contribution in [2.24, 2.45) is 0 Å². The number of amides is 1. The number of carbonyl (C=O) groups is 1. The number of benzene rings is 3. The van der Waals surface area contributed by atoms with Gasteiger partial charge in [-0.1, -0.05) is 56.7 Å². The van der Waals surface area contributed by atoms with Gasteiger partial charge in [-0.05, 0) is 98.9 Å². The average molecular weight is 704 g/mol. The number of halogens is 5. The number of nitrogens with zero attached hydrogens (tertiary/aromatic N) is 1. The van der Waals surface area contributed by atoms with Crippen LogP contribution >= 0.6 is 37.2 Å². The van der Waals surface area contributed by atoms with Crippen molar-refractivity contribution in [1.29, 1.82) is 0 Å². The zero-order chi connectivity index (χ0) is 31.2. The molecule has 0 aromatic heterocycles. The van der Waals surface area contributed by atoms with E-state index in [0.29, 0.717) is 24.2 Å². The first-order valence-electron chi connectivity index (χ1n) is 15.5. The Labute approximate surface area is 292 Å². The minimum atomic E-state index is -0.999. The van der Waals surface area contributed by atoms with Crippen LogP contribution in [0.25, 0.3) is 0 Å². The largest absolute Gasteiger partial charge is 0.390 e. The lowest BCUT2D eigenvalue weighted by atomic mass is 9.99. The number of aliphatic hydroxyl groups is 1. The normalized spacial score (nSPS) is 12.0. The van der Waals surface area contributed by atoms with E-state index in [9.17, 15) is 18.7 Å². The summed E-state index contributed by atoms with van der Waals surface area (Å²) in [5.41, 5.74) is 5.10. The van der Waals surface area contributed by atoms with Crippen LogP contribution in [0.1, 0.15) is 65.4 Å². The van der Waals surface area contributed by atoms with Gasteiger partial charge in [0.2, 0.25) is 0 Å². The summed E-state index contributed by atoms with van der Waals surface area (Å²) in [7, 11) is 0. The second-order valence-corrected chi connectivity index (χ2v) is 11.2. The molecular formula is C35H51Cl3F2N4O2. The van der Waals surface area contributed by atoms with Crippen molar-refractivity contribution in [3.8, 4) is 0 Å². The van der Waals surface area contributed by atoms with Crippen LogP contribution in [0.5, 0.6) is 0 Å². The lowest BCUT2D eigenvalue weighted by molar-refractivity contribution is 0.0829. The summed E-state index contributed by atoms with van der Waals surface area (Å²) in [6.07, 6.45) is 1.05. The molecule has 0 aliphatic heterocycles. The second-order valence-electron chi connectivity index (χ2n) is 11.2. The summed E-state index contributed by atoms with van der Waals surface area (Å²) < 4.78 is 27.9. The average Bonchev–Trinajstić information content (AvgIpc) is 2.98. The monoisotopic (exact) mass is 702 g/mol. The lowest BCUT2D eigenvalue weighted by Crippen LogP contribution is -2.48. The molecule has 6 nitrogen and oxygen atoms in total. The molecule has 2 atom stereocenters. The topological polar surface area (TPSA) is 76.6 Å². The lowest BCUT2D eigenvalue weighted by Gasteiger charge is -2.25. The van der Waals surface area contributed by atoms with Gasteiger partial charge in [0.1, 0.15) is 11.6 Å². The standard InChI is InChI=1S/C35H48F2N4O2.3ClH/c1-5-26-10-8-11-27(16-26)22-39-24-34(42)33(20-28-18-31(36)21-32(37)19-28)40-35(43)30-15-25(4)14-29(17-30)23-38-12-9-13-41(6-2)7-3;;;/h8,10-11,14-19,21,33-34,38-39,42H,5-7,9,12-13,20,22-24H2,1-4H3,(H,40,43);3*1H/t33-,34+;;;/m0.../s1. The Kier molecular flexibility index (Phi) is 21.9. The highest BCUT2D eigenvalue weighted by Crippen LogP contribution is 2.15. The van der Waals surface area contributed by atoms with Gasteiger partial charge in [-0.2, -0.15) is 0 Å². The first kappa shape index (κ1) is 43.7. The minimum Gasteiger partial charge on any atom is -0.390 e. The highest BCUT2D eigenvalue weighted by molar-refractivity contribution is 5.94. The van der Waals surface area contributed by atoms with Gasteiger partial charge < -0.3 is 26.0 Å².